The molecule has 0 spiro atoms. The molecule has 1 amide bonds. The summed E-state index contributed by atoms with van der Waals surface area (Å²) in [6, 6.07) is 3.72. The van der Waals surface area contributed by atoms with Crippen molar-refractivity contribution < 1.29 is 4.79 Å². The average molecular weight is 267 g/mol. The van der Waals surface area contributed by atoms with Gasteiger partial charge in [0.2, 0.25) is 0 Å². The fraction of sp³-hybridized carbons (Fsp3) is 0.273. The van der Waals surface area contributed by atoms with Gasteiger partial charge in [-0.2, -0.15) is 5.10 Å². The molecule has 0 radical (unpaired) electrons. The number of thiol groups is 1. The first-order valence-corrected chi connectivity index (χ1v) is 6.52. The molecule has 2 heterocycles. The van der Waals surface area contributed by atoms with E-state index in [1.807, 2.05) is 23.2 Å². The fourth-order valence-electron chi connectivity index (χ4n) is 1.48. The van der Waals surface area contributed by atoms with Crippen molar-refractivity contribution in [2.24, 2.45) is 7.05 Å². The summed E-state index contributed by atoms with van der Waals surface area (Å²) < 4.78 is 1.81. The number of carbonyl (C=O) groups excluding carboxylic acids is 1. The third kappa shape index (κ3) is 3.10. The molecule has 0 aliphatic rings. The van der Waals surface area contributed by atoms with E-state index in [2.05, 4.69) is 23.0 Å². The lowest BCUT2D eigenvalue weighted by atomic mass is 10.3. The number of hydrogen-bond acceptors (Lipinski definition) is 4. The van der Waals surface area contributed by atoms with Crippen LogP contribution in [0.4, 0.5) is 0 Å². The molecule has 2 rings (SSSR count). The van der Waals surface area contributed by atoms with E-state index in [9.17, 15) is 4.79 Å². The zero-order chi connectivity index (χ0) is 12.3. The summed E-state index contributed by atoms with van der Waals surface area (Å²) in [4.78, 5) is 13.2. The highest BCUT2D eigenvalue weighted by atomic mass is 32.1. The van der Waals surface area contributed by atoms with Gasteiger partial charge in [0.1, 0.15) is 0 Å². The van der Waals surface area contributed by atoms with Gasteiger partial charge in [0.15, 0.2) is 0 Å². The normalized spacial score (nSPS) is 10.5. The van der Waals surface area contributed by atoms with Crippen LogP contribution in [0.3, 0.4) is 0 Å². The molecule has 17 heavy (non-hydrogen) atoms. The molecule has 0 fully saturated rings. The van der Waals surface area contributed by atoms with E-state index in [4.69, 9.17) is 0 Å². The maximum absolute atomic E-state index is 11.7. The Labute approximate surface area is 109 Å². The molecule has 0 unspecified atom stereocenters. The van der Waals surface area contributed by atoms with Crippen LogP contribution in [-0.2, 0) is 13.5 Å². The molecule has 1 N–H and O–H groups in total. The molecule has 2 aromatic heterocycles. The van der Waals surface area contributed by atoms with Gasteiger partial charge in [0.05, 0.1) is 4.88 Å². The van der Waals surface area contributed by atoms with E-state index in [0.29, 0.717) is 11.4 Å². The van der Waals surface area contributed by atoms with Crippen molar-refractivity contribution in [3.05, 3.63) is 34.3 Å². The molecule has 0 aromatic carbocycles. The van der Waals surface area contributed by atoms with Gasteiger partial charge in [-0.1, -0.05) is 0 Å². The largest absolute Gasteiger partial charge is 0.351 e. The number of aryl methyl sites for hydroxylation is 1. The number of nitrogens with one attached hydrogen (secondary N) is 1. The number of thiophene rings is 1. The number of nitrogens with zero attached hydrogens (tertiary/aromatic N) is 2. The maximum Gasteiger partial charge on any atom is 0.261 e. The van der Waals surface area contributed by atoms with Gasteiger partial charge >= 0.3 is 0 Å². The minimum atomic E-state index is -0.0440. The van der Waals surface area contributed by atoms with Gasteiger partial charge in [0, 0.05) is 42.2 Å². The zero-order valence-corrected chi connectivity index (χ0v) is 11.1. The second kappa shape index (κ2) is 5.37. The summed E-state index contributed by atoms with van der Waals surface area (Å²) >= 11 is 5.57. The van der Waals surface area contributed by atoms with Gasteiger partial charge in [-0.25, -0.2) is 0 Å². The Morgan fingerprint density at radius 2 is 2.47 bits per heavy atom. The Morgan fingerprint density at radius 3 is 3.06 bits per heavy atom. The topological polar surface area (TPSA) is 46.9 Å². The predicted octanol–water partition coefficient (Wildman–Crippen LogP) is 1.74. The molecule has 0 saturated heterocycles. The molecule has 0 bridgehead atoms. The van der Waals surface area contributed by atoms with Gasteiger partial charge in [-0.05, 0) is 12.1 Å². The Kier molecular flexibility index (Phi) is 3.86. The predicted molar refractivity (Wildman–Crippen MR) is 70.8 cm³/mol. The van der Waals surface area contributed by atoms with Crippen molar-refractivity contribution in [2.45, 2.75) is 11.3 Å². The van der Waals surface area contributed by atoms with Crippen molar-refractivity contribution in [3.8, 4) is 0 Å². The van der Waals surface area contributed by atoms with Gasteiger partial charge in [0.25, 0.3) is 5.91 Å². The molecule has 0 aliphatic heterocycles. The highest BCUT2D eigenvalue weighted by molar-refractivity contribution is 7.80. The summed E-state index contributed by atoms with van der Waals surface area (Å²) in [6.07, 6.45) is 2.53. The lowest BCUT2D eigenvalue weighted by Gasteiger charge is -2.03. The van der Waals surface area contributed by atoms with Crippen LogP contribution in [0.25, 0.3) is 0 Å². The van der Waals surface area contributed by atoms with E-state index in [1.165, 1.54) is 11.3 Å². The zero-order valence-electron chi connectivity index (χ0n) is 9.38. The second-order valence-electron chi connectivity index (χ2n) is 3.62. The van der Waals surface area contributed by atoms with Crippen LogP contribution in [-0.4, -0.2) is 22.2 Å². The monoisotopic (exact) mass is 267 g/mol. The summed E-state index contributed by atoms with van der Waals surface area (Å²) in [6.45, 7) is 0.609. The summed E-state index contributed by atoms with van der Waals surface area (Å²) in [7, 11) is 1.89. The minimum absolute atomic E-state index is 0.0440. The van der Waals surface area contributed by atoms with Crippen LogP contribution < -0.4 is 5.32 Å². The number of rotatable bonds is 4. The highest BCUT2D eigenvalue weighted by Crippen LogP contribution is 2.17. The van der Waals surface area contributed by atoms with Crippen molar-refractivity contribution in [1.29, 1.82) is 0 Å². The standard InChI is InChI=1S/C11H13N3OS2/c1-14-8(3-5-13-14)2-4-12-11(15)10-6-9(16)7-17-10/h3,5-7,16H,2,4H2,1H3,(H,12,15). The first kappa shape index (κ1) is 12.2. The first-order valence-electron chi connectivity index (χ1n) is 5.19. The molecule has 4 nitrogen and oxygen atoms in total. The smallest absolute Gasteiger partial charge is 0.261 e. The Hall–Kier alpha value is -1.27. The third-order valence-electron chi connectivity index (χ3n) is 2.40. The second-order valence-corrected chi connectivity index (χ2v) is 5.05. The fourth-order valence-corrected chi connectivity index (χ4v) is 2.55. The minimum Gasteiger partial charge on any atom is -0.351 e. The first-order chi connectivity index (χ1) is 8.16. The maximum atomic E-state index is 11.7. The molecule has 2 aromatic rings. The van der Waals surface area contributed by atoms with E-state index in [-0.39, 0.29) is 5.91 Å². The Balaban J connectivity index is 1.83. The van der Waals surface area contributed by atoms with Crippen LogP contribution in [0.15, 0.2) is 28.6 Å². The average Bonchev–Trinajstić information content (AvgIpc) is 2.88. The SMILES string of the molecule is Cn1nccc1CCNC(=O)c1cc(S)cs1. The summed E-state index contributed by atoms with van der Waals surface area (Å²) in [5.41, 5.74) is 1.10. The van der Waals surface area contributed by atoms with Crippen molar-refractivity contribution in [3.63, 3.8) is 0 Å². The number of hydrogen-bond donors (Lipinski definition) is 2. The molecule has 0 atom stereocenters. The van der Waals surface area contributed by atoms with Crippen LogP contribution in [0.1, 0.15) is 15.4 Å². The molecule has 90 valence electrons. The van der Waals surface area contributed by atoms with Gasteiger partial charge in [-0.15, -0.1) is 24.0 Å². The van der Waals surface area contributed by atoms with Crippen molar-refractivity contribution in [2.75, 3.05) is 6.54 Å². The van der Waals surface area contributed by atoms with Crippen LogP contribution in [0.5, 0.6) is 0 Å². The highest BCUT2D eigenvalue weighted by Gasteiger charge is 2.07. The Morgan fingerprint density at radius 1 is 1.65 bits per heavy atom. The molecular formula is C11H13N3OS2. The number of carbonyl (C=O) groups is 1. The summed E-state index contributed by atoms with van der Waals surface area (Å²) in [5, 5.41) is 8.79. The molecule has 0 aliphatic carbocycles. The van der Waals surface area contributed by atoms with Crippen molar-refractivity contribution in [1.82, 2.24) is 15.1 Å². The van der Waals surface area contributed by atoms with E-state index in [1.54, 1.807) is 12.3 Å². The number of aromatic nitrogens is 2. The van der Waals surface area contributed by atoms with Crippen molar-refractivity contribution >= 4 is 29.9 Å². The van der Waals surface area contributed by atoms with E-state index >= 15 is 0 Å². The summed E-state index contributed by atoms with van der Waals surface area (Å²) in [5.74, 6) is -0.0440. The molecular weight excluding hydrogens is 254 g/mol. The van der Waals surface area contributed by atoms with Crippen LogP contribution >= 0.6 is 24.0 Å². The Bertz CT molecular complexity index is 518. The lowest BCUT2D eigenvalue weighted by Crippen LogP contribution is -2.25. The van der Waals surface area contributed by atoms with E-state index in [0.717, 1.165) is 17.0 Å². The van der Waals surface area contributed by atoms with E-state index < -0.39 is 0 Å². The van der Waals surface area contributed by atoms with Crippen LogP contribution in [0, 0.1) is 0 Å². The van der Waals surface area contributed by atoms with Gasteiger partial charge in [-0.3, -0.25) is 9.48 Å². The molecule has 0 saturated carbocycles. The quantitative estimate of drug-likeness (QED) is 0.829. The van der Waals surface area contributed by atoms with Gasteiger partial charge < -0.3 is 5.32 Å². The molecule has 6 heteroatoms. The third-order valence-corrected chi connectivity index (χ3v) is 3.76. The lowest BCUT2D eigenvalue weighted by molar-refractivity contribution is 0.0958. The van der Waals surface area contributed by atoms with Crippen LogP contribution in [0.2, 0.25) is 0 Å². The number of amides is 1.